The minimum absolute atomic E-state index is 0.0409. The zero-order chi connectivity index (χ0) is 17.9. The van der Waals surface area contributed by atoms with Crippen molar-refractivity contribution in [2.45, 2.75) is 26.3 Å². The Labute approximate surface area is 156 Å². The number of nitrogens with zero attached hydrogens (tertiary/aromatic N) is 5. The Morgan fingerprint density at radius 2 is 1.92 bits per heavy atom. The van der Waals surface area contributed by atoms with Gasteiger partial charge in [0.25, 0.3) is 5.56 Å². The van der Waals surface area contributed by atoms with Crippen LogP contribution in [0.25, 0.3) is 11.3 Å². The molecule has 0 aliphatic carbocycles. The van der Waals surface area contributed by atoms with E-state index in [2.05, 4.69) is 25.3 Å². The molecule has 0 spiro atoms. The van der Waals surface area contributed by atoms with E-state index in [0.29, 0.717) is 12.5 Å². The summed E-state index contributed by atoms with van der Waals surface area (Å²) in [6.45, 7) is 4.66. The van der Waals surface area contributed by atoms with Gasteiger partial charge in [-0.05, 0) is 43.9 Å². The van der Waals surface area contributed by atoms with Crippen molar-refractivity contribution in [1.29, 1.82) is 0 Å². The van der Waals surface area contributed by atoms with E-state index in [1.165, 1.54) is 0 Å². The van der Waals surface area contributed by atoms with Crippen LogP contribution in [-0.4, -0.2) is 32.8 Å². The molecule has 0 bridgehead atoms. The molecule has 4 heterocycles. The molecule has 26 heavy (non-hydrogen) atoms. The first-order valence-electron chi connectivity index (χ1n) is 8.85. The van der Waals surface area contributed by atoms with E-state index in [1.807, 2.05) is 19.1 Å². The number of aromatic nitrogens is 4. The van der Waals surface area contributed by atoms with Gasteiger partial charge >= 0.3 is 0 Å². The molecule has 7 heteroatoms. The molecule has 0 saturated carbocycles. The second-order valence-corrected chi connectivity index (χ2v) is 7.51. The van der Waals surface area contributed by atoms with E-state index >= 15 is 0 Å². The summed E-state index contributed by atoms with van der Waals surface area (Å²) in [6.07, 6.45) is 5.57. The number of hydrogen-bond acceptors (Lipinski definition) is 6. The van der Waals surface area contributed by atoms with Gasteiger partial charge in [0, 0.05) is 49.0 Å². The van der Waals surface area contributed by atoms with E-state index in [-0.39, 0.29) is 5.56 Å². The highest BCUT2D eigenvalue weighted by atomic mass is 32.1. The van der Waals surface area contributed by atoms with Crippen LogP contribution in [0.3, 0.4) is 0 Å². The number of aryl methyl sites for hydroxylation is 1. The van der Waals surface area contributed by atoms with Gasteiger partial charge in [0.2, 0.25) is 0 Å². The quantitative estimate of drug-likeness (QED) is 0.709. The van der Waals surface area contributed by atoms with Gasteiger partial charge in [-0.15, -0.1) is 11.3 Å². The third kappa shape index (κ3) is 3.67. The third-order valence-electron chi connectivity index (χ3n) is 4.77. The number of anilines is 1. The zero-order valence-electron chi connectivity index (χ0n) is 14.7. The summed E-state index contributed by atoms with van der Waals surface area (Å²) in [6, 6.07) is 7.20. The zero-order valence-corrected chi connectivity index (χ0v) is 15.5. The lowest BCUT2D eigenvalue weighted by atomic mass is 9.97. The van der Waals surface area contributed by atoms with Gasteiger partial charge in [0.15, 0.2) is 5.13 Å². The number of piperidine rings is 1. The maximum absolute atomic E-state index is 12.2. The molecular weight excluding hydrogens is 346 g/mol. The van der Waals surface area contributed by atoms with Crippen LogP contribution < -0.4 is 10.5 Å². The number of rotatable bonds is 4. The van der Waals surface area contributed by atoms with Gasteiger partial charge in [0.05, 0.1) is 11.4 Å². The predicted molar refractivity (Wildman–Crippen MR) is 104 cm³/mol. The topological polar surface area (TPSA) is 63.9 Å². The Kier molecular flexibility index (Phi) is 4.79. The normalized spacial score (nSPS) is 15.3. The van der Waals surface area contributed by atoms with Crippen LogP contribution in [0.5, 0.6) is 0 Å². The Morgan fingerprint density at radius 3 is 2.62 bits per heavy atom. The van der Waals surface area contributed by atoms with Crippen molar-refractivity contribution in [2.75, 3.05) is 18.0 Å². The molecule has 1 saturated heterocycles. The maximum Gasteiger partial charge on any atom is 0.266 e. The van der Waals surface area contributed by atoms with Crippen LogP contribution in [0.2, 0.25) is 0 Å². The summed E-state index contributed by atoms with van der Waals surface area (Å²) >= 11 is 1.71. The van der Waals surface area contributed by atoms with Crippen molar-refractivity contribution in [1.82, 2.24) is 19.7 Å². The Bertz CT molecular complexity index is 928. The van der Waals surface area contributed by atoms with Crippen LogP contribution in [0.1, 0.15) is 18.5 Å². The standard InChI is InChI=1S/C19H21N5OS/c1-14-13-26-19(21-14)23-10-6-15(7-11-23)12-24-18(25)3-2-17(22-24)16-4-8-20-9-5-16/h2-5,8-9,13,15H,6-7,10-12H2,1H3. The van der Waals surface area contributed by atoms with Crippen molar-refractivity contribution < 1.29 is 0 Å². The maximum atomic E-state index is 12.2. The average Bonchev–Trinajstić information content (AvgIpc) is 3.11. The Morgan fingerprint density at radius 1 is 1.15 bits per heavy atom. The summed E-state index contributed by atoms with van der Waals surface area (Å²) in [5, 5.41) is 7.77. The van der Waals surface area contributed by atoms with Gasteiger partial charge in [-0.2, -0.15) is 5.10 Å². The van der Waals surface area contributed by atoms with Gasteiger partial charge < -0.3 is 4.90 Å². The first-order valence-corrected chi connectivity index (χ1v) is 9.72. The summed E-state index contributed by atoms with van der Waals surface area (Å²) in [5.74, 6) is 0.463. The van der Waals surface area contributed by atoms with Gasteiger partial charge in [0.1, 0.15) is 0 Å². The van der Waals surface area contributed by atoms with E-state index < -0.39 is 0 Å². The van der Waals surface area contributed by atoms with Crippen LogP contribution in [-0.2, 0) is 6.54 Å². The number of pyridine rings is 1. The highest BCUT2D eigenvalue weighted by Gasteiger charge is 2.22. The van der Waals surface area contributed by atoms with Crippen molar-refractivity contribution >= 4 is 16.5 Å². The first kappa shape index (κ1) is 16.9. The molecule has 1 aliphatic rings. The van der Waals surface area contributed by atoms with Gasteiger partial charge in [-0.25, -0.2) is 9.67 Å². The highest BCUT2D eigenvalue weighted by molar-refractivity contribution is 7.13. The van der Waals surface area contributed by atoms with Crippen LogP contribution >= 0.6 is 11.3 Å². The fraction of sp³-hybridized carbons (Fsp3) is 0.368. The second-order valence-electron chi connectivity index (χ2n) is 6.68. The summed E-state index contributed by atoms with van der Waals surface area (Å²) < 4.78 is 1.61. The highest BCUT2D eigenvalue weighted by Crippen LogP contribution is 2.26. The average molecular weight is 367 g/mol. The van der Waals surface area contributed by atoms with Crippen molar-refractivity contribution in [3.05, 3.63) is 58.1 Å². The monoisotopic (exact) mass is 367 g/mol. The molecular formula is C19H21N5OS. The molecule has 0 N–H and O–H groups in total. The first-order chi connectivity index (χ1) is 12.7. The number of thiazole rings is 1. The van der Waals surface area contributed by atoms with Crippen molar-refractivity contribution in [2.24, 2.45) is 5.92 Å². The smallest absolute Gasteiger partial charge is 0.266 e. The molecule has 3 aromatic heterocycles. The fourth-order valence-electron chi connectivity index (χ4n) is 3.29. The SMILES string of the molecule is Cc1csc(N2CCC(Cn3nc(-c4ccncc4)ccc3=O)CC2)n1. The van der Waals surface area contributed by atoms with Gasteiger partial charge in [-0.1, -0.05) is 0 Å². The minimum Gasteiger partial charge on any atom is -0.348 e. The molecule has 3 aromatic rings. The third-order valence-corrected chi connectivity index (χ3v) is 5.79. The predicted octanol–water partition coefficient (Wildman–Crippen LogP) is 2.99. The van der Waals surface area contributed by atoms with Crippen molar-refractivity contribution in [3.63, 3.8) is 0 Å². The lowest BCUT2D eigenvalue weighted by Crippen LogP contribution is -2.36. The van der Waals surface area contributed by atoms with Crippen LogP contribution in [0, 0.1) is 12.8 Å². The molecule has 1 fully saturated rings. The summed E-state index contributed by atoms with van der Waals surface area (Å²) in [7, 11) is 0. The van der Waals surface area contributed by atoms with Gasteiger partial charge in [-0.3, -0.25) is 9.78 Å². The largest absolute Gasteiger partial charge is 0.348 e. The molecule has 0 unspecified atom stereocenters. The van der Waals surface area contributed by atoms with Crippen LogP contribution in [0.15, 0.2) is 46.8 Å². The molecule has 0 amide bonds. The van der Waals surface area contributed by atoms with E-state index in [4.69, 9.17) is 0 Å². The summed E-state index contributed by atoms with van der Waals surface area (Å²) in [5.41, 5.74) is 2.82. The minimum atomic E-state index is -0.0409. The Hall–Kier alpha value is -2.54. The van der Waals surface area contributed by atoms with E-state index in [1.54, 1.807) is 40.5 Å². The molecule has 0 radical (unpaired) electrons. The summed E-state index contributed by atoms with van der Waals surface area (Å²) in [4.78, 5) is 23.2. The lowest BCUT2D eigenvalue weighted by Gasteiger charge is -2.31. The molecule has 0 atom stereocenters. The molecule has 6 nitrogen and oxygen atoms in total. The molecule has 134 valence electrons. The number of hydrogen-bond donors (Lipinski definition) is 0. The fourth-order valence-corrected chi connectivity index (χ4v) is 4.15. The lowest BCUT2D eigenvalue weighted by molar-refractivity contribution is 0.335. The van der Waals surface area contributed by atoms with E-state index in [0.717, 1.165) is 48.0 Å². The Balaban J connectivity index is 1.44. The second kappa shape index (κ2) is 7.37. The van der Waals surface area contributed by atoms with Crippen molar-refractivity contribution in [3.8, 4) is 11.3 Å². The molecule has 1 aliphatic heterocycles. The van der Waals surface area contributed by atoms with E-state index in [9.17, 15) is 4.79 Å². The molecule has 0 aromatic carbocycles. The molecule has 4 rings (SSSR count). The van der Waals surface area contributed by atoms with Crippen LogP contribution in [0.4, 0.5) is 5.13 Å².